The number of carbonyl (C=O) groups is 3. The number of unbranched alkanes of at least 4 members (excludes halogenated alkanes) is 6. The summed E-state index contributed by atoms with van der Waals surface area (Å²) in [5, 5.41) is 0. The summed E-state index contributed by atoms with van der Waals surface area (Å²) in [5.41, 5.74) is 0. The normalized spacial score (nSPS) is 11.9. The van der Waals surface area contributed by atoms with E-state index in [9.17, 15) is 36.3 Å². The van der Waals surface area contributed by atoms with Gasteiger partial charge in [0.2, 0.25) is 5.91 Å². The van der Waals surface area contributed by atoms with Crippen molar-refractivity contribution in [3.05, 3.63) is 0 Å². The van der Waals surface area contributed by atoms with Crippen LogP contribution in [0, 0.1) is 0 Å². The second-order valence-electron chi connectivity index (χ2n) is 6.82. The van der Waals surface area contributed by atoms with Crippen molar-refractivity contribution < 1.29 is 41.1 Å². The maximum Gasteiger partial charge on any atom is 0.463 e. The zero-order valence-electron chi connectivity index (χ0n) is 17.0. The van der Waals surface area contributed by atoms with Crippen molar-refractivity contribution in [2.24, 2.45) is 0 Å². The molecule has 0 atom stereocenters. The molecule has 0 radical (unpaired) electrons. The minimum absolute atomic E-state index is 0.0315. The Labute approximate surface area is 167 Å². The topological polar surface area (TPSA) is 66.9 Å². The molecule has 0 heterocycles. The van der Waals surface area contributed by atoms with Crippen LogP contribution in [0.2, 0.25) is 0 Å². The van der Waals surface area contributed by atoms with Gasteiger partial charge in [-0.15, -0.1) is 0 Å². The summed E-state index contributed by atoms with van der Waals surface area (Å²) in [6.45, 7) is 0.749. The summed E-state index contributed by atoms with van der Waals surface area (Å²) in [7, 11) is 1.80. The van der Waals surface area contributed by atoms with Crippen LogP contribution in [-0.2, 0) is 19.1 Å². The van der Waals surface area contributed by atoms with E-state index in [1.54, 1.807) is 0 Å². The molecule has 6 nitrogen and oxygen atoms in total. The van der Waals surface area contributed by atoms with Crippen LogP contribution in [-0.4, -0.2) is 73.5 Å². The van der Waals surface area contributed by atoms with Crippen LogP contribution in [0.15, 0.2) is 0 Å². The maximum absolute atomic E-state index is 13.0. The predicted molar refractivity (Wildman–Crippen MR) is 95.2 cm³/mol. The molecule has 0 aliphatic rings. The molecule has 170 valence electrons. The molecular formula is C18H29F5N2O4. The monoisotopic (exact) mass is 432 g/mol. The van der Waals surface area contributed by atoms with Crippen molar-refractivity contribution in [3.63, 3.8) is 0 Å². The van der Waals surface area contributed by atoms with E-state index in [4.69, 9.17) is 4.74 Å². The molecule has 0 aliphatic heterocycles. The molecule has 11 heteroatoms. The Morgan fingerprint density at radius 3 is 1.83 bits per heavy atom. The smallest absolute Gasteiger partial charge is 0.463 e. The lowest BCUT2D eigenvalue weighted by Gasteiger charge is -2.26. The third kappa shape index (κ3) is 9.89. The molecule has 0 aromatic heterocycles. The summed E-state index contributed by atoms with van der Waals surface area (Å²) >= 11 is 0. The number of ether oxygens (including phenoxy) is 1. The Morgan fingerprint density at radius 1 is 0.793 bits per heavy atom. The lowest BCUT2D eigenvalue weighted by molar-refractivity contribution is -0.273. The molecule has 0 rings (SSSR count). The van der Waals surface area contributed by atoms with Crippen molar-refractivity contribution in [1.29, 1.82) is 0 Å². The highest BCUT2D eigenvalue weighted by Crippen LogP contribution is 2.36. The average Bonchev–Trinajstić information content (AvgIpc) is 2.61. The van der Waals surface area contributed by atoms with E-state index < -0.39 is 43.0 Å². The van der Waals surface area contributed by atoms with Gasteiger partial charge in [0.1, 0.15) is 6.54 Å². The Bertz CT molecular complexity index is 541. The van der Waals surface area contributed by atoms with E-state index in [0.29, 0.717) is 13.5 Å². The molecule has 0 spiro atoms. The van der Waals surface area contributed by atoms with E-state index in [-0.39, 0.29) is 11.5 Å². The summed E-state index contributed by atoms with van der Waals surface area (Å²) in [6, 6.07) is 0. The standard InChI is InChI=1S/C18H29F5N2O4/c1-4-5-6-7-8-9-10-11-29-15(27)13-24(2)14(26)12-25(3)16(28)17(19,20)18(21,22)23/h4-13H2,1-3H3. The molecule has 0 aliphatic carbocycles. The second-order valence-corrected chi connectivity index (χ2v) is 6.82. The summed E-state index contributed by atoms with van der Waals surface area (Å²) < 4.78 is 67.6. The molecule has 0 aromatic rings. The molecule has 0 saturated heterocycles. The van der Waals surface area contributed by atoms with Gasteiger partial charge in [0.25, 0.3) is 0 Å². The molecule has 0 unspecified atom stereocenters. The summed E-state index contributed by atoms with van der Waals surface area (Å²) in [6.07, 6.45) is 1.13. The van der Waals surface area contributed by atoms with Crippen LogP contribution in [0.4, 0.5) is 22.0 Å². The molecule has 0 fully saturated rings. The van der Waals surface area contributed by atoms with E-state index >= 15 is 0 Å². The van der Waals surface area contributed by atoms with Crippen LogP contribution < -0.4 is 0 Å². The fraction of sp³-hybridized carbons (Fsp3) is 0.833. The fourth-order valence-electron chi connectivity index (χ4n) is 2.33. The molecule has 0 aromatic carbocycles. The first-order valence-electron chi connectivity index (χ1n) is 9.44. The molecule has 0 bridgehead atoms. The summed E-state index contributed by atoms with van der Waals surface area (Å²) in [5.74, 6) is -9.86. The molecule has 0 N–H and O–H groups in total. The van der Waals surface area contributed by atoms with Gasteiger partial charge >= 0.3 is 24.0 Å². The van der Waals surface area contributed by atoms with Gasteiger partial charge in [0.05, 0.1) is 13.2 Å². The zero-order valence-corrected chi connectivity index (χ0v) is 17.0. The highest BCUT2D eigenvalue weighted by molar-refractivity contribution is 5.89. The largest absolute Gasteiger partial charge is 0.464 e. The van der Waals surface area contributed by atoms with Crippen molar-refractivity contribution >= 4 is 17.8 Å². The third-order valence-corrected chi connectivity index (χ3v) is 4.15. The molecule has 2 amide bonds. The lowest BCUT2D eigenvalue weighted by atomic mass is 10.1. The molecule has 0 saturated carbocycles. The number of nitrogens with zero attached hydrogens (tertiary/aromatic N) is 2. The van der Waals surface area contributed by atoms with Gasteiger partial charge in [0, 0.05) is 14.1 Å². The van der Waals surface area contributed by atoms with E-state index in [2.05, 4.69) is 6.92 Å². The Balaban J connectivity index is 4.23. The summed E-state index contributed by atoms with van der Waals surface area (Å²) in [4.78, 5) is 35.6. The van der Waals surface area contributed by atoms with Gasteiger partial charge < -0.3 is 14.5 Å². The predicted octanol–water partition coefficient (Wildman–Crippen LogP) is 3.39. The fourth-order valence-corrected chi connectivity index (χ4v) is 2.33. The second kappa shape index (κ2) is 12.6. The Kier molecular flexibility index (Phi) is 11.7. The first-order chi connectivity index (χ1) is 13.3. The van der Waals surface area contributed by atoms with Crippen molar-refractivity contribution in [2.45, 2.75) is 64.0 Å². The Morgan fingerprint density at radius 2 is 1.31 bits per heavy atom. The van der Waals surface area contributed by atoms with Crippen molar-refractivity contribution in [3.8, 4) is 0 Å². The number of esters is 1. The highest BCUT2D eigenvalue weighted by atomic mass is 19.4. The maximum atomic E-state index is 13.0. The zero-order chi connectivity index (χ0) is 22.7. The quantitative estimate of drug-likeness (QED) is 0.254. The molecular weight excluding hydrogens is 403 g/mol. The Hall–Kier alpha value is -1.94. The van der Waals surface area contributed by atoms with E-state index in [1.165, 1.54) is 6.42 Å². The van der Waals surface area contributed by atoms with Crippen molar-refractivity contribution in [1.82, 2.24) is 9.80 Å². The number of hydrogen-bond donors (Lipinski definition) is 0. The van der Waals surface area contributed by atoms with Crippen LogP contribution in [0.3, 0.4) is 0 Å². The third-order valence-electron chi connectivity index (χ3n) is 4.15. The van der Waals surface area contributed by atoms with Gasteiger partial charge in [-0.1, -0.05) is 45.4 Å². The minimum Gasteiger partial charge on any atom is -0.464 e. The number of likely N-dealkylation sites (N-methyl/N-ethyl adjacent to an activating group) is 2. The highest BCUT2D eigenvalue weighted by Gasteiger charge is 2.64. The van der Waals surface area contributed by atoms with Gasteiger partial charge in [-0.05, 0) is 6.42 Å². The first-order valence-corrected chi connectivity index (χ1v) is 9.44. The lowest BCUT2D eigenvalue weighted by Crippen LogP contribution is -2.53. The van der Waals surface area contributed by atoms with E-state index in [1.807, 2.05) is 0 Å². The number of hydrogen-bond acceptors (Lipinski definition) is 4. The number of halogens is 5. The SMILES string of the molecule is CCCCCCCCCOC(=O)CN(C)C(=O)CN(C)C(=O)C(F)(F)C(F)(F)F. The van der Waals surface area contributed by atoms with E-state index in [0.717, 1.165) is 44.1 Å². The van der Waals surface area contributed by atoms with Crippen molar-refractivity contribution in [2.75, 3.05) is 33.8 Å². The average molecular weight is 432 g/mol. The van der Waals surface area contributed by atoms with Crippen LogP contribution >= 0.6 is 0 Å². The molecule has 29 heavy (non-hydrogen) atoms. The van der Waals surface area contributed by atoms with Crippen LogP contribution in [0.5, 0.6) is 0 Å². The van der Waals surface area contributed by atoms with Gasteiger partial charge in [-0.25, -0.2) is 0 Å². The van der Waals surface area contributed by atoms with Crippen LogP contribution in [0.1, 0.15) is 51.9 Å². The number of rotatable bonds is 13. The van der Waals surface area contributed by atoms with Crippen LogP contribution in [0.25, 0.3) is 0 Å². The number of carbonyl (C=O) groups excluding carboxylic acids is 3. The number of alkyl halides is 5. The number of amides is 2. The minimum atomic E-state index is -6.06. The van der Waals surface area contributed by atoms with Gasteiger partial charge in [-0.2, -0.15) is 22.0 Å². The van der Waals surface area contributed by atoms with Gasteiger partial charge in [0.15, 0.2) is 0 Å². The first kappa shape index (κ1) is 27.1. The van der Waals surface area contributed by atoms with Gasteiger partial charge in [-0.3, -0.25) is 14.4 Å².